The maximum atomic E-state index is 13.7. The number of alkyl halides is 3. The molecule has 6 nitrogen and oxygen atoms in total. The number of likely N-dealkylation sites (tertiary alicyclic amines) is 1. The Hall–Kier alpha value is -2.00. The summed E-state index contributed by atoms with van der Waals surface area (Å²) < 4.78 is 51.0. The first-order chi connectivity index (χ1) is 14.3. The molecule has 1 N–H and O–H groups in total. The number of halogens is 4. The fraction of sp³-hybridized carbons (Fsp3) is 0.619. The molecule has 0 saturated carbocycles. The van der Waals surface area contributed by atoms with E-state index in [4.69, 9.17) is 21.1 Å². The number of hydrogen-bond donors (Lipinski definition) is 1. The molecule has 0 spiro atoms. The van der Waals surface area contributed by atoms with Gasteiger partial charge in [0.05, 0.1) is 17.7 Å². The topological polar surface area (TPSA) is 67.9 Å². The van der Waals surface area contributed by atoms with Gasteiger partial charge < -0.3 is 14.8 Å². The lowest BCUT2D eigenvalue weighted by molar-refractivity contribution is -0.138. The highest BCUT2D eigenvalue weighted by atomic mass is 35.5. The Morgan fingerprint density at radius 1 is 1.19 bits per heavy atom. The van der Waals surface area contributed by atoms with Gasteiger partial charge in [-0.25, -0.2) is 9.59 Å². The van der Waals surface area contributed by atoms with Crippen LogP contribution in [0.5, 0.6) is 0 Å². The maximum Gasteiger partial charge on any atom is 0.416 e. The number of carbonyl (C=O) groups excluding carboxylic acids is 2. The van der Waals surface area contributed by atoms with Gasteiger partial charge in [0.25, 0.3) is 0 Å². The maximum absolute atomic E-state index is 13.7. The molecule has 31 heavy (non-hydrogen) atoms. The summed E-state index contributed by atoms with van der Waals surface area (Å²) in [5.41, 5.74) is -1.87. The SMILES string of the molecule is CCOC(=O)c1cc(Cl)c(CN2CCC(NC(=O)OC(C)(C)C)CC2)c(C(F)(F)F)c1. The summed E-state index contributed by atoms with van der Waals surface area (Å²) in [6, 6.07) is 1.88. The van der Waals surface area contributed by atoms with Crippen molar-refractivity contribution in [1.29, 1.82) is 0 Å². The minimum Gasteiger partial charge on any atom is -0.462 e. The number of esters is 1. The molecule has 0 aliphatic carbocycles. The summed E-state index contributed by atoms with van der Waals surface area (Å²) in [5.74, 6) is -0.851. The second-order valence-electron chi connectivity index (χ2n) is 8.40. The normalized spacial score (nSPS) is 16.1. The van der Waals surface area contributed by atoms with Crippen LogP contribution in [0.2, 0.25) is 5.02 Å². The third-order valence-corrected chi connectivity index (χ3v) is 5.04. The highest BCUT2D eigenvalue weighted by molar-refractivity contribution is 6.31. The monoisotopic (exact) mass is 464 g/mol. The second kappa shape index (κ2) is 10.1. The number of nitrogens with one attached hydrogen (secondary N) is 1. The molecule has 0 unspecified atom stereocenters. The number of carbonyl (C=O) groups is 2. The van der Waals surface area contributed by atoms with E-state index in [1.807, 2.05) is 4.90 Å². The first-order valence-electron chi connectivity index (χ1n) is 10.1. The molecule has 1 heterocycles. The van der Waals surface area contributed by atoms with E-state index >= 15 is 0 Å². The number of alkyl carbamates (subject to hydrolysis) is 1. The molecule has 1 aliphatic heterocycles. The molecule has 0 radical (unpaired) electrons. The van der Waals surface area contributed by atoms with Gasteiger partial charge in [0.1, 0.15) is 5.60 Å². The smallest absolute Gasteiger partial charge is 0.416 e. The first kappa shape index (κ1) is 25.3. The zero-order chi connectivity index (χ0) is 23.4. The second-order valence-corrected chi connectivity index (χ2v) is 8.81. The Bertz CT molecular complexity index is 801. The molecule has 1 aromatic carbocycles. The van der Waals surface area contributed by atoms with Gasteiger partial charge in [0.15, 0.2) is 0 Å². The number of piperidine rings is 1. The van der Waals surface area contributed by atoms with Crippen LogP contribution in [-0.4, -0.2) is 48.3 Å². The highest BCUT2D eigenvalue weighted by Crippen LogP contribution is 2.37. The Balaban J connectivity index is 2.08. The van der Waals surface area contributed by atoms with E-state index in [1.165, 1.54) is 6.07 Å². The van der Waals surface area contributed by atoms with Crippen molar-refractivity contribution in [2.75, 3.05) is 19.7 Å². The molecule has 0 aromatic heterocycles. The zero-order valence-electron chi connectivity index (χ0n) is 18.1. The van der Waals surface area contributed by atoms with Crippen LogP contribution < -0.4 is 5.32 Å². The van der Waals surface area contributed by atoms with Crippen molar-refractivity contribution >= 4 is 23.7 Å². The Kier molecular flexibility index (Phi) is 8.21. The van der Waals surface area contributed by atoms with E-state index in [1.54, 1.807) is 27.7 Å². The van der Waals surface area contributed by atoms with E-state index in [0.29, 0.717) is 25.9 Å². The van der Waals surface area contributed by atoms with Crippen LogP contribution in [0.25, 0.3) is 0 Å². The fourth-order valence-electron chi connectivity index (χ4n) is 3.32. The van der Waals surface area contributed by atoms with Gasteiger partial charge in [-0.15, -0.1) is 0 Å². The van der Waals surface area contributed by atoms with Gasteiger partial charge in [-0.3, -0.25) is 4.90 Å². The highest BCUT2D eigenvalue weighted by Gasteiger charge is 2.36. The van der Waals surface area contributed by atoms with Gasteiger partial charge in [-0.1, -0.05) is 11.6 Å². The molecular weight excluding hydrogens is 437 g/mol. The molecule has 1 aromatic rings. The van der Waals surface area contributed by atoms with Crippen LogP contribution in [0.4, 0.5) is 18.0 Å². The minimum atomic E-state index is -4.67. The molecule has 0 bridgehead atoms. The van der Waals surface area contributed by atoms with Crippen molar-refractivity contribution in [2.45, 2.75) is 64.9 Å². The van der Waals surface area contributed by atoms with Crippen molar-refractivity contribution in [3.63, 3.8) is 0 Å². The number of nitrogens with zero attached hydrogens (tertiary/aromatic N) is 1. The molecule has 2 rings (SSSR count). The lowest BCUT2D eigenvalue weighted by Gasteiger charge is -2.33. The first-order valence-corrected chi connectivity index (χ1v) is 10.5. The summed E-state index contributed by atoms with van der Waals surface area (Å²) in [4.78, 5) is 25.6. The molecule has 1 fully saturated rings. The predicted octanol–water partition coefficient (Wildman–Crippen LogP) is 5.02. The number of amides is 1. The predicted molar refractivity (Wildman–Crippen MR) is 110 cm³/mol. The van der Waals surface area contributed by atoms with Gasteiger partial charge in [-0.2, -0.15) is 13.2 Å². The van der Waals surface area contributed by atoms with Crippen LogP contribution in [0.15, 0.2) is 12.1 Å². The van der Waals surface area contributed by atoms with E-state index in [2.05, 4.69) is 5.32 Å². The van der Waals surface area contributed by atoms with Crippen molar-refractivity contribution < 1.29 is 32.2 Å². The van der Waals surface area contributed by atoms with Gasteiger partial charge in [0, 0.05) is 30.7 Å². The Morgan fingerprint density at radius 2 is 1.81 bits per heavy atom. The largest absolute Gasteiger partial charge is 0.462 e. The van der Waals surface area contributed by atoms with Crippen LogP contribution in [0.3, 0.4) is 0 Å². The van der Waals surface area contributed by atoms with Crippen LogP contribution in [0.1, 0.15) is 62.0 Å². The van der Waals surface area contributed by atoms with E-state index in [0.717, 1.165) is 6.07 Å². The fourth-order valence-corrected chi connectivity index (χ4v) is 3.59. The summed E-state index contributed by atoms with van der Waals surface area (Å²) in [7, 11) is 0. The molecular formula is C21H28ClF3N2O4. The zero-order valence-corrected chi connectivity index (χ0v) is 18.8. The summed E-state index contributed by atoms with van der Waals surface area (Å²) in [6.07, 6.45) is -4.04. The quantitative estimate of drug-likeness (QED) is 0.619. The average Bonchev–Trinajstić information content (AvgIpc) is 2.62. The molecule has 174 valence electrons. The van der Waals surface area contributed by atoms with Crippen molar-refractivity contribution in [3.05, 3.63) is 33.8 Å². The lowest BCUT2D eigenvalue weighted by atomic mass is 10.00. The molecule has 1 saturated heterocycles. The summed E-state index contributed by atoms with van der Waals surface area (Å²) in [6.45, 7) is 7.86. The molecule has 10 heteroatoms. The Labute approximate surface area is 185 Å². The Morgan fingerprint density at radius 3 is 2.32 bits per heavy atom. The van der Waals surface area contributed by atoms with Crippen molar-refractivity contribution in [1.82, 2.24) is 10.2 Å². The van der Waals surface area contributed by atoms with Crippen molar-refractivity contribution in [3.8, 4) is 0 Å². The van der Waals surface area contributed by atoms with Crippen LogP contribution in [-0.2, 0) is 22.2 Å². The number of hydrogen-bond acceptors (Lipinski definition) is 5. The van der Waals surface area contributed by atoms with Gasteiger partial charge in [-0.05, 0) is 58.2 Å². The minimum absolute atomic E-state index is 0.0179. The summed E-state index contributed by atoms with van der Waals surface area (Å²) >= 11 is 6.16. The van der Waals surface area contributed by atoms with Crippen LogP contribution in [0, 0.1) is 0 Å². The van der Waals surface area contributed by atoms with E-state index in [-0.39, 0.29) is 35.3 Å². The van der Waals surface area contributed by atoms with Gasteiger partial charge in [0.2, 0.25) is 0 Å². The van der Waals surface area contributed by atoms with E-state index in [9.17, 15) is 22.8 Å². The van der Waals surface area contributed by atoms with Crippen molar-refractivity contribution in [2.24, 2.45) is 0 Å². The summed E-state index contributed by atoms with van der Waals surface area (Å²) in [5, 5.41) is 2.66. The lowest BCUT2D eigenvalue weighted by Crippen LogP contribution is -2.46. The third-order valence-electron chi connectivity index (χ3n) is 4.70. The molecule has 1 amide bonds. The molecule has 0 atom stereocenters. The molecule has 1 aliphatic rings. The average molecular weight is 465 g/mol. The van der Waals surface area contributed by atoms with E-state index < -0.39 is 29.4 Å². The number of ether oxygens (including phenoxy) is 2. The standard InChI is InChI=1S/C21H28ClF3N2O4/c1-5-30-18(28)13-10-16(21(23,24)25)15(17(22)11-13)12-27-8-6-14(7-9-27)26-19(29)31-20(2,3)4/h10-11,14H,5-9,12H2,1-4H3,(H,26,29). The van der Waals surface area contributed by atoms with Crippen LogP contribution >= 0.6 is 11.6 Å². The number of benzene rings is 1. The third kappa shape index (κ3) is 7.57. The number of rotatable bonds is 5. The van der Waals surface area contributed by atoms with Gasteiger partial charge >= 0.3 is 18.2 Å².